The number of aryl methyl sites for hydroxylation is 2. The molecule has 1 saturated heterocycles. The molecular formula is C17H30N4. The molecule has 1 aliphatic heterocycles. The molecule has 0 radical (unpaired) electrons. The van der Waals surface area contributed by atoms with E-state index in [0.29, 0.717) is 12.0 Å². The summed E-state index contributed by atoms with van der Waals surface area (Å²) in [5, 5.41) is 8.35. The van der Waals surface area contributed by atoms with Gasteiger partial charge in [0.2, 0.25) is 0 Å². The van der Waals surface area contributed by atoms with Crippen LogP contribution in [-0.4, -0.2) is 45.9 Å². The van der Waals surface area contributed by atoms with Crippen LogP contribution in [0.15, 0.2) is 6.07 Å². The van der Waals surface area contributed by atoms with Crippen molar-refractivity contribution in [3.8, 4) is 0 Å². The zero-order chi connectivity index (χ0) is 15.0. The van der Waals surface area contributed by atoms with E-state index in [1.807, 2.05) is 0 Å². The van der Waals surface area contributed by atoms with E-state index >= 15 is 0 Å². The van der Waals surface area contributed by atoms with Gasteiger partial charge >= 0.3 is 0 Å². The lowest BCUT2D eigenvalue weighted by atomic mass is 10.1. The maximum Gasteiger partial charge on any atom is 0.0596 e. The maximum absolute atomic E-state index is 4.57. The van der Waals surface area contributed by atoms with Crippen LogP contribution in [0.25, 0.3) is 0 Å². The summed E-state index contributed by atoms with van der Waals surface area (Å²) in [7, 11) is 0. The Balaban J connectivity index is 1.43. The number of likely N-dealkylation sites (tertiary alicyclic amines) is 1. The molecule has 1 aromatic rings. The van der Waals surface area contributed by atoms with E-state index < -0.39 is 0 Å². The molecule has 1 aromatic heterocycles. The fourth-order valence-corrected chi connectivity index (χ4v) is 3.71. The predicted octanol–water partition coefficient (Wildman–Crippen LogP) is 2.35. The first-order chi connectivity index (χ1) is 10.0. The largest absolute Gasteiger partial charge is 0.312 e. The molecule has 2 heterocycles. The van der Waals surface area contributed by atoms with Crippen molar-refractivity contribution in [2.24, 2.45) is 5.92 Å². The summed E-state index contributed by atoms with van der Waals surface area (Å²) in [4.78, 5) is 2.71. The smallest absolute Gasteiger partial charge is 0.0596 e. The first-order valence-electron chi connectivity index (χ1n) is 8.53. The Bertz CT molecular complexity index is 477. The summed E-state index contributed by atoms with van der Waals surface area (Å²) in [6.07, 6.45) is 4.15. The van der Waals surface area contributed by atoms with E-state index in [0.717, 1.165) is 30.9 Å². The summed E-state index contributed by atoms with van der Waals surface area (Å²) >= 11 is 0. The molecule has 2 fully saturated rings. The van der Waals surface area contributed by atoms with Crippen molar-refractivity contribution in [2.75, 3.05) is 13.1 Å². The minimum Gasteiger partial charge on any atom is -0.312 e. The van der Waals surface area contributed by atoms with Crippen molar-refractivity contribution in [1.29, 1.82) is 0 Å². The van der Waals surface area contributed by atoms with Crippen molar-refractivity contribution in [1.82, 2.24) is 20.0 Å². The van der Waals surface area contributed by atoms with Crippen LogP contribution in [0.5, 0.6) is 0 Å². The molecule has 1 N–H and O–H groups in total. The van der Waals surface area contributed by atoms with E-state index in [-0.39, 0.29) is 0 Å². The van der Waals surface area contributed by atoms with Gasteiger partial charge in [-0.05, 0) is 58.6 Å². The molecule has 0 unspecified atom stereocenters. The van der Waals surface area contributed by atoms with Crippen molar-refractivity contribution in [3.63, 3.8) is 0 Å². The molecule has 4 heteroatoms. The molecule has 1 aliphatic carbocycles. The van der Waals surface area contributed by atoms with Crippen LogP contribution in [0.2, 0.25) is 0 Å². The Morgan fingerprint density at radius 3 is 2.76 bits per heavy atom. The van der Waals surface area contributed by atoms with Crippen molar-refractivity contribution >= 4 is 0 Å². The highest BCUT2D eigenvalue weighted by Crippen LogP contribution is 2.33. The van der Waals surface area contributed by atoms with Crippen LogP contribution >= 0.6 is 0 Å². The summed E-state index contributed by atoms with van der Waals surface area (Å²) in [5.41, 5.74) is 2.39. The number of nitrogens with zero attached hydrogens (tertiary/aromatic N) is 3. The van der Waals surface area contributed by atoms with Gasteiger partial charge in [0.15, 0.2) is 0 Å². The van der Waals surface area contributed by atoms with Gasteiger partial charge in [-0.25, -0.2) is 0 Å². The molecular weight excluding hydrogens is 260 g/mol. The fraction of sp³-hybridized carbons (Fsp3) is 0.824. The molecule has 3 rings (SSSR count). The third-order valence-electron chi connectivity index (χ3n) is 4.98. The number of hydrogen-bond donors (Lipinski definition) is 1. The van der Waals surface area contributed by atoms with Crippen molar-refractivity contribution < 1.29 is 0 Å². The minimum absolute atomic E-state index is 0.619. The lowest BCUT2D eigenvalue weighted by Gasteiger charge is -2.20. The van der Waals surface area contributed by atoms with Gasteiger partial charge in [0.05, 0.1) is 5.69 Å². The average Bonchev–Trinajstić information content (AvgIpc) is 3.12. The van der Waals surface area contributed by atoms with E-state index in [4.69, 9.17) is 0 Å². The topological polar surface area (TPSA) is 33.1 Å². The summed E-state index contributed by atoms with van der Waals surface area (Å²) in [6, 6.07) is 4.51. The fourth-order valence-electron chi connectivity index (χ4n) is 3.71. The van der Waals surface area contributed by atoms with Crippen LogP contribution in [0.3, 0.4) is 0 Å². The molecule has 1 saturated carbocycles. The molecule has 0 spiro atoms. The molecule has 0 bridgehead atoms. The van der Waals surface area contributed by atoms with Crippen LogP contribution in [-0.2, 0) is 6.54 Å². The molecule has 21 heavy (non-hydrogen) atoms. The molecule has 0 aromatic carbocycles. The second-order valence-electron chi connectivity index (χ2n) is 7.33. The number of aromatic nitrogens is 2. The lowest BCUT2D eigenvalue weighted by Crippen LogP contribution is -2.37. The molecule has 2 aliphatic rings. The van der Waals surface area contributed by atoms with Gasteiger partial charge in [0.1, 0.15) is 0 Å². The summed E-state index contributed by atoms with van der Waals surface area (Å²) in [5.74, 6) is 0.619. The molecule has 3 atom stereocenters. The van der Waals surface area contributed by atoms with Crippen LogP contribution in [0.1, 0.15) is 44.5 Å². The molecule has 0 amide bonds. The Kier molecular flexibility index (Phi) is 4.36. The Morgan fingerprint density at radius 2 is 2.14 bits per heavy atom. The van der Waals surface area contributed by atoms with Gasteiger partial charge in [0.25, 0.3) is 0 Å². The first-order valence-corrected chi connectivity index (χ1v) is 8.53. The second kappa shape index (κ2) is 6.09. The minimum atomic E-state index is 0.619. The second-order valence-corrected chi connectivity index (χ2v) is 7.33. The maximum atomic E-state index is 4.57. The first kappa shape index (κ1) is 15.0. The van der Waals surface area contributed by atoms with Crippen LogP contribution in [0.4, 0.5) is 0 Å². The normalized spacial score (nSPS) is 28.2. The number of nitrogens with one attached hydrogen (secondary N) is 1. The van der Waals surface area contributed by atoms with E-state index in [1.165, 1.54) is 31.5 Å². The SMILES string of the molecule is Cc1cc(C)n(C[C@H](C)CN[C@H]2C[C@@H](C)N(C3CC3)C2)n1. The van der Waals surface area contributed by atoms with Gasteiger partial charge < -0.3 is 5.32 Å². The lowest BCUT2D eigenvalue weighted by molar-refractivity contribution is 0.254. The number of hydrogen-bond acceptors (Lipinski definition) is 3. The van der Waals surface area contributed by atoms with Crippen LogP contribution < -0.4 is 5.32 Å². The van der Waals surface area contributed by atoms with Gasteiger partial charge in [-0.3, -0.25) is 9.58 Å². The third-order valence-corrected chi connectivity index (χ3v) is 4.98. The summed E-state index contributed by atoms with van der Waals surface area (Å²) in [6.45, 7) is 12.3. The van der Waals surface area contributed by atoms with Gasteiger partial charge in [-0.15, -0.1) is 0 Å². The zero-order valence-corrected chi connectivity index (χ0v) is 14.0. The number of rotatable bonds is 6. The third kappa shape index (κ3) is 3.67. The van der Waals surface area contributed by atoms with Crippen molar-refractivity contribution in [2.45, 2.75) is 71.6 Å². The average molecular weight is 290 g/mol. The highest BCUT2D eigenvalue weighted by molar-refractivity contribution is 5.06. The van der Waals surface area contributed by atoms with Crippen LogP contribution in [0, 0.1) is 19.8 Å². The Morgan fingerprint density at radius 1 is 1.38 bits per heavy atom. The Labute approximate surface area is 128 Å². The summed E-state index contributed by atoms with van der Waals surface area (Å²) < 4.78 is 2.15. The van der Waals surface area contributed by atoms with E-state index in [1.54, 1.807) is 0 Å². The van der Waals surface area contributed by atoms with Gasteiger partial charge in [0, 0.05) is 36.9 Å². The van der Waals surface area contributed by atoms with Gasteiger partial charge in [-0.1, -0.05) is 6.92 Å². The zero-order valence-electron chi connectivity index (χ0n) is 14.0. The highest BCUT2D eigenvalue weighted by Gasteiger charge is 2.38. The predicted molar refractivity (Wildman–Crippen MR) is 86.5 cm³/mol. The quantitative estimate of drug-likeness (QED) is 0.873. The standard InChI is InChI=1S/C17H30N4/c1-12(10-21-15(4)7-13(2)19-21)9-18-16-8-14(3)20(11-16)17-5-6-17/h7,12,14,16-18H,5-6,8-11H2,1-4H3/t12-,14-,16+/m1/s1. The van der Waals surface area contributed by atoms with E-state index in [9.17, 15) is 0 Å². The van der Waals surface area contributed by atoms with E-state index in [2.05, 4.69) is 53.8 Å². The molecule has 4 nitrogen and oxygen atoms in total. The van der Waals surface area contributed by atoms with Gasteiger partial charge in [-0.2, -0.15) is 5.10 Å². The monoisotopic (exact) mass is 290 g/mol. The van der Waals surface area contributed by atoms with Crippen molar-refractivity contribution in [3.05, 3.63) is 17.5 Å². The molecule has 118 valence electrons. The Hall–Kier alpha value is -0.870. The highest BCUT2D eigenvalue weighted by atomic mass is 15.3.